The third-order valence-corrected chi connectivity index (χ3v) is 3.99. The Morgan fingerprint density at radius 1 is 1.00 bits per heavy atom. The highest BCUT2D eigenvalue weighted by atomic mass is 16.5. The van der Waals surface area contributed by atoms with Gasteiger partial charge in [0, 0.05) is 18.6 Å². The zero-order valence-corrected chi connectivity index (χ0v) is 13.6. The van der Waals surface area contributed by atoms with Crippen LogP contribution in [0.5, 0.6) is 5.75 Å². The van der Waals surface area contributed by atoms with Crippen LogP contribution in [0.2, 0.25) is 0 Å². The van der Waals surface area contributed by atoms with Gasteiger partial charge in [-0.2, -0.15) is 0 Å². The number of fused-ring (bicyclic) bond motifs is 1. The molecule has 0 heterocycles. The summed E-state index contributed by atoms with van der Waals surface area (Å²) >= 11 is 0. The van der Waals surface area contributed by atoms with Crippen molar-refractivity contribution in [2.24, 2.45) is 0 Å². The van der Waals surface area contributed by atoms with Crippen molar-refractivity contribution in [3.63, 3.8) is 0 Å². The Bertz CT molecular complexity index is 840. The van der Waals surface area contributed by atoms with E-state index in [1.165, 1.54) is 0 Å². The van der Waals surface area contributed by atoms with Gasteiger partial charge in [-0.25, -0.2) is 0 Å². The molecule has 1 N–H and O–H groups in total. The summed E-state index contributed by atoms with van der Waals surface area (Å²) in [7, 11) is 0. The van der Waals surface area contributed by atoms with Crippen LogP contribution in [0.3, 0.4) is 0 Å². The van der Waals surface area contributed by atoms with Gasteiger partial charge in [0.15, 0.2) is 5.78 Å². The fourth-order valence-electron chi connectivity index (χ4n) is 2.70. The second kappa shape index (κ2) is 7.28. The van der Waals surface area contributed by atoms with Crippen molar-refractivity contribution in [3.8, 4) is 5.75 Å². The number of carbonyl (C=O) groups is 1. The van der Waals surface area contributed by atoms with E-state index in [-0.39, 0.29) is 18.5 Å². The molecule has 0 saturated carbocycles. The predicted molar refractivity (Wildman–Crippen MR) is 95.6 cm³/mol. The average Bonchev–Trinajstić information content (AvgIpc) is 2.61. The first-order valence-electron chi connectivity index (χ1n) is 8.09. The van der Waals surface area contributed by atoms with E-state index in [1.807, 2.05) is 61.5 Å². The number of ketones is 1. The molecule has 0 aromatic heterocycles. The molecular weight excluding hydrogens is 300 g/mol. The van der Waals surface area contributed by atoms with E-state index in [9.17, 15) is 4.79 Å². The van der Waals surface area contributed by atoms with Gasteiger partial charge in [-0.05, 0) is 29.8 Å². The minimum absolute atomic E-state index is 0.0523. The Morgan fingerprint density at radius 2 is 1.62 bits per heavy atom. The summed E-state index contributed by atoms with van der Waals surface area (Å²) in [6.07, 6.45) is 0.352. The second-order valence-electron chi connectivity index (χ2n) is 5.83. The SMILES string of the molecule is CC(CCO)Oc1cc2ccccc2cc1C(=O)c1ccccc1. The Morgan fingerprint density at radius 3 is 2.29 bits per heavy atom. The van der Waals surface area contributed by atoms with E-state index in [2.05, 4.69) is 0 Å². The smallest absolute Gasteiger partial charge is 0.196 e. The molecule has 0 amide bonds. The Kier molecular flexibility index (Phi) is 4.92. The van der Waals surface area contributed by atoms with Crippen LogP contribution in [-0.2, 0) is 0 Å². The fraction of sp³-hybridized carbons (Fsp3) is 0.190. The van der Waals surface area contributed by atoms with E-state index in [0.717, 1.165) is 10.8 Å². The van der Waals surface area contributed by atoms with Gasteiger partial charge >= 0.3 is 0 Å². The van der Waals surface area contributed by atoms with E-state index in [0.29, 0.717) is 23.3 Å². The van der Waals surface area contributed by atoms with E-state index in [1.54, 1.807) is 12.1 Å². The Hall–Kier alpha value is -2.65. The molecule has 0 aliphatic heterocycles. The van der Waals surface area contributed by atoms with Crippen LogP contribution in [0.15, 0.2) is 66.7 Å². The highest BCUT2D eigenvalue weighted by molar-refractivity contribution is 6.12. The van der Waals surface area contributed by atoms with Gasteiger partial charge in [0.25, 0.3) is 0 Å². The van der Waals surface area contributed by atoms with Crippen LogP contribution in [0.25, 0.3) is 10.8 Å². The zero-order valence-electron chi connectivity index (χ0n) is 13.6. The van der Waals surface area contributed by atoms with Crippen LogP contribution in [0.1, 0.15) is 29.3 Å². The van der Waals surface area contributed by atoms with E-state index in [4.69, 9.17) is 9.84 Å². The summed E-state index contributed by atoms with van der Waals surface area (Å²) in [6.45, 7) is 1.94. The summed E-state index contributed by atoms with van der Waals surface area (Å²) in [6, 6.07) is 20.9. The summed E-state index contributed by atoms with van der Waals surface area (Å²) < 4.78 is 5.96. The molecule has 3 rings (SSSR count). The maximum atomic E-state index is 12.9. The number of aliphatic hydroxyl groups is 1. The Labute approximate surface area is 141 Å². The molecule has 3 nitrogen and oxygen atoms in total. The third-order valence-electron chi connectivity index (χ3n) is 3.99. The number of hydrogen-bond acceptors (Lipinski definition) is 3. The second-order valence-corrected chi connectivity index (χ2v) is 5.83. The molecular formula is C21H20O3. The molecule has 0 spiro atoms. The molecule has 0 aliphatic rings. The highest BCUT2D eigenvalue weighted by Crippen LogP contribution is 2.29. The summed E-state index contributed by atoms with van der Waals surface area (Å²) in [5.74, 6) is 0.496. The number of hydrogen-bond donors (Lipinski definition) is 1. The standard InChI is InChI=1S/C21H20O3/c1-15(11-12-22)24-20-14-18-10-6-5-9-17(18)13-19(20)21(23)16-7-3-2-4-8-16/h2-10,13-15,22H,11-12H2,1H3. The summed E-state index contributed by atoms with van der Waals surface area (Å²) in [5.41, 5.74) is 1.18. The maximum absolute atomic E-state index is 12.9. The lowest BCUT2D eigenvalue weighted by atomic mass is 9.98. The molecule has 24 heavy (non-hydrogen) atoms. The monoisotopic (exact) mass is 320 g/mol. The zero-order chi connectivity index (χ0) is 16.9. The third kappa shape index (κ3) is 3.47. The van der Waals surface area contributed by atoms with Crippen LogP contribution >= 0.6 is 0 Å². The van der Waals surface area contributed by atoms with Crippen LogP contribution in [0.4, 0.5) is 0 Å². The van der Waals surface area contributed by atoms with E-state index >= 15 is 0 Å². The van der Waals surface area contributed by atoms with Crippen LogP contribution in [0, 0.1) is 0 Å². The minimum Gasteiger partial charge on any atom is -0.490 e. The van der Waals surface area contributed by atoms with Gasteiger partial charge in [0.1, 0.15) is 5.75 Å². The lowest BCUT2D eigenvalue weighted by Gasteiger charge is -2.17. The highest BCUT2D eigenvalue weighted by Gasteiger charge is 2.17. The number of aliphatic hydroxyl groups excluding tert-OH is 1. The molecule has 0 aliphatic carbocycles. The topological polar surface area (TPSA) is 46.5 Å². The lowest BCUT2D eigenvalue weighted by molar-refractivity contribution is 0.103. The molecule has 0 radical (unpaired) electrons. The predicted octanol–water partition coefficient (Wildman–Crippen LogP) is 4.22. The minimum atomic E-state index is -0.168. The molecule has 122 valence electrons. The number of ether oxygens (including phenoxy) is 1. The van der Waals surface area contributed by atoms with Gasteiger partial charge in [0.2, 0.25) is 0 Å². The van der Waals surface area contributed by atoms with Gasteiger partial charge < -0.3 is 9.84 Å². The maximum Gasteiger partial charge on any atom is 0.196 e. The molecule has 3 aromatic carbocycles. The molecule has 3 aromatic rings. The lowest BCUT2D eigenvalue weighted by Crippen LogP contribution is -2.16. The largest absolute Gasteiger partial charge is 0.490 e. The molecule has 1 unspecified atom stereocenters. The van der Waals surface area contributed by atoms with Crippen molar-refractivity contribution < 1.29 is 14.6 Å². The number of benzene rings is 3. The van der Waals surface area contributed by atoms with Crippen molar-refractivity contribution in [1.82, 2.24) is 0 Å². The van der Waals surface area contributed by atoms with Crippen LogP contribution in [-0.4, -0.2) is 23.6 Å². The van der Waals surface area contributed by atoms with Crippen molar-refractivity contribution in [3.05, 3.63) is 77.9 Å². The van der Waals surface area contributed by atoms with Crippen LogP contribution < -0.4 is 4.74 Å². The van der Waals surface area contributed by atoms with Crippen molar-refractivity contribution in [1.29, 1.82) is 0 Å². The first-order valence-corrected chi connectivity index (χ1v) is 8.09. The summed E-state index contributed by atoms with van der Waals surface area (Å²) in [5, 5.41) is 11.1. The quantitative estimate of drug-likeness (QED) is 0.692. The van der Waals surface area contributed by atoms with Gasteiger partial charge in [0.05, 0.1) is 11.7 Å². The molecule has 0 saturated heterocycles. The van der Waals surface area contributed by atoms with Crippen molar-refractivity contribution >= 4 is 16.6 Å². The van der Waals surface area contributed by atoms with Gasteiger partial charge in [-0.3, -0.25) is 4.79 Å². The van der Waals surface area contributed by atoms with E-state index < -0.39 is 0 Å². The average molecular weight is 320 g/mol. The van der Waals surface area contributed by atoms with Crippen molar-refractivity contribution in [2.45, 2.75) is 19.4 Å². The normalized spacial score (nSPS) is 12.1. The molecule has 3 heteroatoms. The molecule has 1 atom stereocenters. The first-order chi connectivity index (χ1) is 11.7. The first kappa shape index (κ1) is 16.2. The van der Waals surface area contributed by atoms with Gasteiger partial charge in [-0.1, -0.05) is 54.6 Å². The summed E-state index contributed by atoms with van der Waals surface area (Å²) in [4.78, 5) is 12.9. The molecule has 0 bridgehead atoms. The molecule has 0 fully saturated rings. The number of carbonyl (C=O) groups excluding carboxylic acids is 1. The van der Waals surface area contributed by atoms with Gasteiger partial charge in [-0.15, -0.1) is 0 Å². The Balaban J connectivity index is 2.07. The fourth-order valence-corrected chi connectivity index (χ4v) is 2.70. The number of rotatable bonds is 6. The van der Waals surface area contributed by atoms with Crippen molar-refractivity contribution in [2.75, 3.05) is 6.61 Å².